The Labute approximate surface area is 228 Å². The quantitative estimate of drug-likeness (QED) is 0.313. The first kappa shape index (κ1) is 25.9. The smallest absolute Gasteiger partial charge is 0.127 e. The lowest BCUT2D eigenvalue weighted by Crippen LogP contribution is -2.38. The molecule has 2 aromatic heterocycles. The molecule has 4 N–H and O–H groups in total. The highest BCUT2D eigenvalue weighted by molar-refractivity contribution is 6.35. The fraction of sp³-hybridized carbons (Fsp3) is 0.393. The normalized spacial score (nSPS) is 16.0. The summed E-state index contributed by atoms with van der Waals surface area (Å²) in [7, 11) is 3.95. The molecule has 3 heterocycles. The van der Waals surface area contributed by atoms with E-state index in [1.807, 2.05) is 43.4 Å². The van der Waals surface area contributed by atoms with Gasteiger partial charge in [-0.15, -0.1) is 5.53 Å². The fourth-order valence-corrected chi connectivity index (χ4v) is 4.62. The number of halogens is 1. The van der Waals surface area contributed by atoms with Crippen LogP contribution in [0.1, 0.15) is 50.8 Å². The lowest BCUT2D eigenvalue weighted by Gasteiger charge is -2.23. The lowest BCUT2D eigenvalue weighted by atomic mass is 9.96. The van der Waals surface area contributed by atoms with E-state index in [0.717, 1.165) is 33.8 Å². The number of fused-ring (bicyclic) bond motifs is 1. The van der Waals surface area contributed by atoms with Gasteiger partial charge in [-0.2, -0.15) is 5.26 Å². The Morgan fingerprint density at radius 1 is 1.21 bits per heavy atom. The molecule has 0 spiro atoms. The number of rotatable bonds is 8. The fourth-order valence-electron chi connectivity index (χ4n) is 4.35. The van der Waals surface area contributed by atoms with Crippen molar-refractivity contribution in [1.82, 2.24) is 25.9 Å². The second kappa shape index (κ2) is 10.2. The van der Waals surface area contributed by atoms with Crippen molar-refractivity contribution in [3.05, 3.63) is 64.7 Å². The number of nitriles is 1. The molecule has 1 unspecified atom stereocenters. The SMILES string of the molecule is CN(C)c1ccc(C(Nc2cc(Cl)c3ncc(C#N)c(NCC(C)(C)C)c3c2)C2=CN(C3CC3)NN2)cn1. The zero-order valence-corrected chi connectivity index (χ0v) is 23.2. The Kier molecular flexibility index (Phi) is 6.95. The van der Waals surface area contributed by atoms with Crippen LogP contribution < -0.4 is 26.5 Å². The van der Waals surface area contributed by atoms with Crippen molar-refractivity contribution in [2.24, 2.45) is 5.41 Å². The maximum Gasteiger partial charge on any atom is 0.127 e. The van der Waals surface area contributed by atoms with E-state index in [1.165, 1.54) is 12.8 Å². The van der Waals surface area contributed by atoms with Gasteiger partial charge in [-0.05, 0) is 42.0 Å². The van der Waals surface area contributed by atoms with Gasteiger partial charge in [-0.25, -0.2) is 4.98 Å². The van der Waals surface area contributed by atoms with Crippen LogP contribution in [0.25, 0.3) is 10.9 Å². The minimum Gasteiger partial charge on any atom is -0.383 e. The topological polar surface area (TPSA) is 104 Å². The summed E-state index contributed by atoms with van der Waals surface area (Å²) < 4.78 is 0. The number of pyridine rings is 2. The lowest BCUT2D eigenvalue weighted by molar-refractivity contribution is 0.260. The average Bonchev–Trinajstić information content (AvgIpc) is 3.62. The first-order valence-electron chi connectivity index (χ1n) is 12.8. The van der Waals surface area contributed by atoms with Crippen LogP contribution in [0.3, 0.4) is 0 Å². The number of nitrogens with one attached hydrogen (secondary N) is 4. The van der Waals surface area contributed by atoms with E-state index in [4.69, 9.17) is 11.6 Å². The maximum absolute atomic E-state index is 9.80. The molecule has 0 bridgehead atoms. The molecule has 10 heteroatoms. The van der Waals surface area contributed by atoms with Crippen molar-refractivity contribution >= 4 is 39.7 Å². The van der Waals surface area contributed by atoms with E-state index in [0.29, 0.717) is 28.7 Å². The van der Waals surface area contributed by atoms with E-state index >= 15 is 0 Å². The Morgan fingerprint density at radius 2 is 2.00 bits per heavy atom. The first-order valence-corrected chi connectivity index (χ1v) is 13.2. The van der Waals surface area contributed by atoms with Gasteiger partial charge in [0.2, 0.25) is 0 Å². The highest BCUT2D eigenvalue weighted by Gasteiger charge is 2.32. The van der Waals surface area contributed by atoms with Crippen LogP contribution in [0.15, 0.2) is 48.6 Å². The average molecular weight is 532 g/mol. The van der Waals surface area contributed by atoms with E-state index in [-0.39, 0.29) is 11.5 Å². The van der Waals surface area contributed by atoms with Gasteiger partial charge in [0.15, 0.2) is 0 Å². The summed E-state index contributed by atoms with van der Waals surface area (Å²) in [5.41, 5.74) is 11.3. The summed E-state index contributed by atoms with van der Waals surface area (Å²) in [5, 5.41) is 20.4. The van der Waals surface area contributed by atoms with E-state index in [9.17, 15) is 5.26 Å². The molecule has 0 saturated heterocycles. The molecule has 0 amide bonds. The molecule has 1 aliphatic heterocycles. The zero-order valence-electron chi connectivity index (χ0n) is 22.4. The highest BCUT2D eigenvalue weighted by atomic mass is 35.5. The maximum atomic E-state index is 9.80. The Bertz CT molecular complexity index is 1400. The standard InChI is InChI=1S/C28H34ClN9/c1-28(2,3)16-33-25-18(12-30)14-32-27-21(25)10-19(11-22(27)29)34-26(17-6-9-24(31-13-17)37(4)5)23-15-38(36-35-23)20-7-8-20/h6,9-11,13-15,20,26,34-36H,7-8,16H2,1-5H3,(H,32,33). The molecule has 1 aromatic carbocycles. The van der Waals surface area contributed by atoms with Gasteiger partial charge >= 0.3 is 0 Å². The molecule has 5 rings (SSSR count). The largest absolute Gasteiger partial charge is 0.383 e. The summed E-state index contributed by atoms with van der Waals surface area (Å²) in [6, 6.07) is 10.5. The van der Waals surface area contributed by atoms with Crippen molar-refractivity contribution < 1.29 is 0 Å². The van der Waals surface area contributed by atoms with Gasteiger partial charge < -0.3 is 21.0 Å². The van der Waals surface area contributed by atoms with Crippen LogP contribution >= 0.6 is 11.6 Å². The third kappa shape index (κ3) is 5.57. The van der Waals surface area contributed by atoms with Gasteiger partial charge in [0.05, 0.1) is 33.5 Å². The Hall–Kier alpha value is -3.74. The summed E-state index contributed by atoms with van der Waals surface area (Å²) in [5.74, 6) is 0.886. The van der Waals surface area contributed by atoms with Crippen LogP contribution in [0.4, 0.5) is 17.2 Å². The number of nitrogens with zero attached hydrogens (tertiary/aromatic N) is 5. The number of benzene rings is 1. The molecule has 1 atom stereocenters. The monoisotopic (exact) mass is 531 g/mol. The van der Waals surface area contributed by atoms with Crippen LogP contribution in [0.5, 0.6) is 0 Å². The minimum atomic E-state index is -0.221. The predicted octanol–water partition coefficient (Wildman–Crippen LogP) is 5.16. The number of hydrazine groups is 2. The van der Waals surface area contributed by atoms with Gasteiger partial charge in [0.25, 0.3) is 0 Å². The molecule has 2 aliphatic rings. The molecule has 1 fully saturated rings. The highest BCUT2D eigenvalue weighted by Crippen LogP contribution is 2.37. The van der Waals surface area contributed by atoms with Crippen molar-refractivity contribution in [3.63, 3.8) is 0 Å². The molecule has 198 valence electrons. The van der Waals surface area contributed by atoms with E-state index < -0.39 is 0 Å². The second-order valence-electron chi connectivity index (χ2n) is 11.3. The summed E-state index contributed by atoms with van der Waals surface area (Å²) in [4.78, 5) is 11.1. The molecule has 9 nitrogen and oxygen atoms in total. The molecule has 1 aliphatic carbocycles. The third-order valence-corrected chi connectivity index (χ3v) is 6.86. The molecule has 0 radical (unpaired) electrons. The summed E-state index contributed by atoms with van der Waals surface area (Å²) >= 11 is 6.76. The van der Waals surface area contributed by atoms with Crippen LogP contribution in [0, 0.1) is 16.7 Å². The van der Waals surface area contributed by atoms with E-state index in [1.54, 1.807) is 6.20 Å². The summed E-state index contributed by atoms with van der Waals surface area (Å²) in [6.07, 6.45) is 7.94. The van der Waals surface area contributed by atoms with Gasteiger partial charge in [-0.3, -0.25) is 9.99 Å². The van der Waals surface area contributed by atoms with Crippen molar-refractivity contribution in [2.75, 3.05) is 36.2 Å². The molecule has 1 saturated carbocycles. The molecule has 38 heavy (non-hydrogen) atoms. The zero-order chi connectivity index (χ0) is 27.0. The number of hydrogen-bond acceptors (Lipinski definition) is 9. The van der Waals surface area contributed by atoms with Crippen molar-refractivity contribution in [2.45, 2.75) is 45.7 Å². The van der Waals surface area contributed by atoms with Crippen LogP contribution in [-0.2, 0) is 0 Å². The second-order valence-corrected chi connectivity index (χ2v) is 11.7. The first-order chi connectivity index (χ1) is 18.1. The van der Waals surface area contributed by atoms with E-state index in [2.05, 4.69) is 75.7 Å². The Morgan fingerprint density at radius 3 is 2.63 bits per heavy atom. The van der Waals surface area contributed by atoms with Crippen LogP contribution in [0.2, 0.25) is 5.02 Å². The van der Waals surface area contributed by atoms with Gasteiger partial charge in [0.1, 0.15) is 11.9 Å². The number of anilines is 3. The Balaban J connectivity index is 1.55. The minimum absolute atomic E-state index is 0.0276. The van der Waals surface area contributed by atoms with Gasteiger partial charge in [0, 0.05) is 56.3 Å². The molecular formula is C28H34ClN9. The van der Waals surface area contributed by atoms with Crippen LogP contribution in [-0.4, -0.2) is 41.7 Å². The summed E-state index contributed by atoms with van der Waals surface area (Å²) in [6.45, 7) is 7.15. The third-order valence-electron chi connectivity index (χ3n) is 6.57. The molecular weight excluding hydrogens is 498 g/mol. The van der Waals surface area contributed by atoms with Gasteiger partial charge in [-0.1, -0.05) is 38.4 Å². The molecule has 3 aromatic rings. The number of aromatic nitrogens is 2. The van der Waals surface area contributed by atoms with Crippen molar-refractivity contribution in [1.29, 1.82) is 5.26 Å². The van der Waals surface area contributed by atoms with Crippen molar-refractivity contribution in [3.8, 4) is 6.07 Å². The predicted molar refractivity (Wildman–Crippen MR) is 154 cm³/mol. The number of hydrogen-bond donors (Lipinski definition) is 4.